The van der Waals surface area contributed by atoms with E-state index in [9.17, 15) is 19.7 Å². The van der Waals surface area contributed by atoms with E-state index >= 15 is 0 Å². The number of nitro benzene ring substituents is 1. The third-order valence-corrected chi connectivity index (χ3v) is 7.41. The standard InChI is InChI=1S/C28H25IN2O6S/c1-2-36-24-16-21(15-23(29)26(24)37-18-20-10-6-12-22(14-20)31(34)35)17-25-27(32)30(28(33)38-25)13-7-11-19-8-4-3-5-9-19/h3-6,8-10,12,14-17H,2,7,11,13,18H2,1H3/b25-17+. The fourth-order valence-corrected chi connectivity index (χ4v) is 5.57. The Labute approximate surface area is 238 Å². The molecule has 4 rings (SSSR count). The number of nitro groups is 1. The molecule has 0 bridgehead atoms. The number of halogens is 1. The number of imide groups is 1. The number of hydrogen-bond donors (Lipinski definition) is 0. The van der Waals surface area contributed by atoms with Crippen LogP contribution in [0.4, 0.5) is 10.5 Å². The van der Waals surface area contributed by atoms with Crippen LogP contribution in [0.5, 0.6) is 11.5 Å². The number of nitrogens with zero attached hydrogens (tertiary/aromatic N) is 2. The molecule has 0 saturated carbocycles. The van der Waals surface area contributed by atoms with Gasteiger partial charge in [-0.25, -0.2) is 0 Å². The molecular formula is C28H25IN2O6S. The molecule has 1 aliphatic heterocycles. The van der Waals surface area contributed by atoms with E-state index in [1.165, 1.54) is 22.6 Å². The van der Waals surface area contributed by atoms with Crippen molar-refractivity contribution in [2.45, 2.75) is 26.4 Å². The Hall–Kier alpha value is -3.38. The van der Waals surface area contributed by atoms with E-state index in [0.717, 1.165) is 21.8 Å². The first-order valence-corrected chi connectivity index (χ1v) is 13.9. The minimum Gasteiger partial charge on any atom is -0.490 e. The maximum Gasteiger partial charge on any atom is 0.293 e. The Bertz CT molecular complexity index is 1380. The highest BCUT2D eigenvalue weighted by molar-refractivity contribution is 14.1. The number of ether oxygens (including phenoxy) is 2. The van der Waals surface area contributed by atoms with Crippen LogP contribution >= 0.6 is 34.4 Å². The van der Waals surface area contributed by atoms with Gasteiger partial charge in [0.05, 0.1) is 20.0 Å². The second kappa shape index (κ2) is 12.9. The third kappa shape index (κ3) is 6.93. The number of non-ortho nitro benzene ring substituents is 1. The van der Waals surface area contributed by atoms with Crippen LogP contribution in [0.1, 0.15) is 30.0 Å². The second-order valence-electron chi connectivity index (χ2n) is 8.40. The largest absolute Gasteiger partial charge is 0.490 e. The zero-order chi connectivity index (χ0) is 27.1. The molecule has 0 spiro atoms. The molecule has 0 N–H and O–H groups in total. The van der Waals surface area contributed by atoms with Crippen LogP contribution in [0.2, 0.25) is 0 Å². The number of carbonyl (C=O) groups excluding carboxylic acids is 2. The van der Waals surface area contributed by atoms with Crippen LogP contribution in [0.15, 0.2) is 71.6 Å². The van der Waals surface area contributed by atoms with Crippen LogP contribution in [0.25, 0.3) is 6.08 Å². The molecule has 0 unspecified atom stereocenters. The van der Waals surface area contributed by atoms with Crippen molar-refractivity contribution in [3.05, 3.63) is 102 Å². The van der Waals surface area contributed by atoms with Crippen molar-refractivity contribution in [3.8, 4) is 11.5 Å². The molecule has 10 heteroatoms. The normalized spacial score (nSPS) is 14.3. The van der Waals surface area contributed by atoms with Gasteiger partial charge in [-0.05, 0) is 89.0 Å². The summed E-state index contributed by atoms with van der Waals surface area (Å²) in [7, 11) is 0. The Kier molecular flexibility index (Phi) is 9.40. The first-order valence-electron chi connectivity index (χ1n) is 12.0. The van der Waals surface area contributed by atoms with Gasteiger partial charge in [0, 0.05) is 18.7 Å². The lowest BCUT2D eigenvalue weighted by Gasteiger charge is -2.15. The Morgan fingerprint density at radius 3 is 2.53 bits per heavy atom. The number of benzene rings is 3. The first kappa shape index (κ1) is 27.6. The molecule has 3 aromatic rings. The lowest BCUT2D eigenvalue weighted by molar-refractivity contribution is -0.384. The van der Waals surface area contributed by atoms with E-state index < -0.39 is 4.92 Å². The Morgan fingerprint density at radius 1 is 1.03 bits per heavy atom. The second-order valence-corrected chi connectivity index (χ2v) is 10.6. The molecule has 1 saturated heterocycles. The van der Waals surface area contributed by atoms with Crippen LogP contribution < -0.4 is 9.47 Å². The quantitative estimate of drug-likeness (QED) is 0.0975. The van der Waals surface area contributed by atoms with Crippen molar-refractivity contribution in [2.24, 2.45) is 0 Å². The van der Waals surface area contributed by atoms with Crippen LogP contribution in [-0.2, 0) is 17.8 Å². The zero-order valence-corrected chi connectivity index (χ0v) is 23.6. The van der Waals surface area contributed by atoms with Crippen LogP contribution in [0.3, 0.4) is 0 Å². The monoisotopic (exact) mass is 644 g/mol. The highest BCUT2D eigenvalue weighted by Gasteiger charge is 2.34. The molecule has 3 aromatic carbocycles. The highest BCUT2D eigenvalue weighted by Crippen LogP contribution is 2.38. The topological polar surface area (TPSA) is 99.0 Å². The summed E-state index contributed by atoms with van der Waals surface area (Å²) in [5.41, 5.74) is 2.52. The molecule has 0 radical (unpaired) electrons. The number of hydrogen-bond acceptors (Lipinski definition) is 7. The molecule has 0 atom stereocenters. The van der Waals surface area contributed by atoms with Gasteiger partial charge in [-0.2, -0.15) is 0 Å². The van der Waals surface area contributed by atoms with E-state index in [0.29, 0.717) is 47.1 Å². The average molecular weight is 644 g/mol. The van der Waals surface area contributed by atoms with Gasteiger partial charge in [0.1, 0.15) is 6.61 Å². The number of carbonyl (C=O) groups is 2. The predicted octanol–water partition coefficient (Wildman–Crippen LogP) is 6.85. The SMILES string of the molecule is CCOc1cc(/C=C2/SC(=O)N(CCCc3ccccc3)C2=O)cc(I)c1OCc1cccc([N+](=O)[O-])c1. The number of aryl methyl sites for hydroxylation is 1. The van der Waals surface area contributed by atoms with E-state index in [4.69, 9.17) is 9.47 Å². The molecule has 2 amide bonds. The van der Waals surface area contributed by atoms with Gasteiger partial charge in [0.2, 0.25) is 0 Å². The molecule has 0 aliphatic carbocycles. The van der Waals surface area contributed by atoms with E-state index in [1.54, 1.807) is 24.3 Å². The van der Waals surface area contributed by atoms with Crippen molar-refractivity contribution in [1.29, 1.82) is 0 Å². The first-order chi connectivity index (χ1) is 18.4. The van der Waals surface area contributed by atoms with Gasteiger partial charge >= 0.3 is 0 Å². The van der Waals surface area contributed by atoms with E-state index in [2.05, 4.69) is 22.6 Å². The van der Waals surface area contributed by atoms with Gasteiger partial charge in [0.15, 0.2) is 11.5 Å². The molecular weight excluding hydrogens is 619 g/mol. The molecule has 8 nitrogen and oxygen atoms in total. The predicted molar refractivity (Wildman–Crippen MR) is 155 cm³/mol. The molecule has 1 aliphatic rings. The van der Waals surface area contributed by atoms with Gasteiger partial charge in [-0.15, -0.1) is 0 Å². The maximum absolute atomic E-state index is 13.0. The number of thioether (sulfide) groups is 1. The summed E-state index contributed by atoms with van der Waals surface area (Å²) in [6.45, 7) is 2.73. The van der Waals surface area contributed by atoms with Gasteiger partial charge in [-0.1, -0.05) is 42.5 Å². The van der Waals surface area contributed by atoms with Crippen LogP contribution in [-0.4, -0.2) is 34.1 Å². The van der Waals surface area contributed by atoms with Crippen LogP contribution in [0, 0.1) is 13.7 Å². The van der Waals surface area contributed by atoms with Crippen molar-refractivity contribution < 1.29 is 24.0 Å². The van der Waals surface area contributed by atoms with Gasteiger partial charge in [0.25, 0.3) is 16.8 Å². The highest BCUT2D eigenvalue weighted by atomic mass is 127. The summed E-state index contributed by atoms with van der Waals surface area (Å²) >= 11 is 3.06. The fraction of sp³-hybridized carbons (Fsp3) is 0.214. The summed E-state index contributed by atoms with van der Waals surface area (Å²) < 4.78 is 12.5. The van der Waals surface area contributed by atoms with Crippen molar-refractivity contribution in [2.75, 3.05) is 13.2 Å². The number of amides is 2. The smallest absolute Gasteiger partial charge is 0.293 e. The molecule has 0 aromatic heterocycles. The molecule has 38 heavy (non-hydrogen) atoms. The molecule has 1 heterocycles. The lowest BCUT2D eigenvalue weighted by atomic mass is 10.1. The van der Waals surface area contributed by atoms with Crippen molar-refractivity contribution in [1.82, 2.24) is 4.90 Å². The van der Waals surface area contributed by atoms with Gasteiger partial charge in [-0.3, -0.25) is 24.6 Å². The van der Waals surface area contributed by atoms with Gasteiger partial charge < -0.3 is 9.47 Å². The summed E-state index contributed by atoms with van der Waals surface area (Å²) in [4.78, 5) is 37.8. The zero-order valence-electron chi connectivity index (χ0n) is 20.6. The maximum atomic E-state index is 13.0. The van der Waals surface area contributed by atoms with Crippen molar-refractivity contribution >= 4 is 57.3 Å². The molecule has 196 valence electrons. The summed E-state index contributed by atoms with van der Waals surface area (Å²) in [6, 6.07) is 19.8. The lowest BCUT2D eigenvalue weighted by Crippen LogP contribution is -2.29. The summed E-state index contributed by atoms with van der Waals surface area (Å²) in [6.07, 6.45) is 3.17. The average Bonchev–Trinajstić information content (AvgIpc) is 3.16. The fourth-order valence-electron chi connectivity index (χ4n) is 3.92. The van der Waals surface area contributed by atoms with E-state index in [1.807, 2.05) is 43.3 Å². The number of rotatable bonds is 11. The Morgan fingerprint density at radius 2 is 1.79 bits per heavy atom. The minimum absolute atomic E-state index is 0.00445. The molecule has 1 fully saturated rings. The van der Waals surface area contributed by atoms with Crippen molar-refractivity contribution in [3.63, 3.8) is 0 Å². The minimum atomic E-state index is -0.446. The summed E-state index contributed by atoms with van der Waals surface area (Å²) in [5.74, 6) is 0.690. The summed E-state index contributed by atoms with van der Waals surface area (Å²) in [5, 5.41) is 10.8. The van der Waals surface area contributed by atoms with E-state index in [-0.39, 0.29) is 23.4 Å². The third-order valence-electron chi connectivity index (χ3n) is 5.70. The Balaban J connectivity index is 1.47.